The average molecular weight is 239 g/mol. The number of aromatic nitrogens is 2. The minimum absolute atomic E-state index is 0.0242. The molecule has 1 aliphatic rings. The van der Waals surface area contributed by atoms with Crippen molar-refractivity contribution in [3.05, 3.63) is 11.7 Å². The first kappa shape index (κ1) is 12.5. The van der Waals surface area contributed by atoms with E-state index in [4.69, 9.17) is 9.26 Å². The minimum Gasteiger partial charge on any atom is -0.370 e. The monoisotopic (exact) mass is 239 g/mol. The first-order valence-electron chi connectivity index (χ1n) is 6.53. The van der Waals surface area contributed by atoms with Crippen molar-refractivity contribution in [2.75, 3.05) is 13.2 Å². The second-order valence-electron chi connectivity index (χ2n) is 4.37. The number of nitrogens with zero attached hydrogens (tertiary/aromatic N) is 2. The molecule has 0 aliphatic carbocycles. The Kier molecular flexibility index (Phi) is 4.50. The summed E-state index contributed by atoms with van der Waals surface area (Å²) in [6, 6.07) is 0.236. The highest BCUT2D eigenvalue weighted by atomic mass is 16.5. The lowest BCUT2D eigenvalue weighted by Gasteiger charge is -2.11. The molecule has 1 aromatic heterocycles. The van der Waals surface area contributed by atoms with Crippen molar-refractivity contribution >= 4 is 0 Å². The number of ether oxygens (including phenoxy) is 1. The van der Waals surface area contributed by atoms with Crippen LogP contribution in [0, 0.1) is 0 Å². The molecule has 0 spiro atoms. The average Bonchev–Trinajstić information content (AvgIpc) is 2.99. The molecule has 1 saturated heterocycles. The highest BCUT2D eigenvalue weighted by molar-refractivity contribution is 4.97. The minimum atomic E-state index is -0.0242. The summed E-state index contributed by atoms with van der Waals surface area (Å²) >= 11 is 0. The molecule has 0 radical (unpaired) electrons. The summed E-state index contributed by atoms with van der Waals surface area (Å²) in [4.78, 5) is 4.46. The first-order chi connectivity index (χ1) is 8.35. The molecule has 1 unspecified atom stereocenters. The smallest absolute Gasteiger partial charge is 0.243 e. The van der Waals surface area contributed by atoms with E-state index in [0.717, 1.165) is 25.8 Å². The van der Waals surface area contributed by atoms with Crippen molar-refractivity contribution in [2.24, 2.45) is 0 Å². The van der Waals surface area contributed by atoms with Crippen LogP contribution < -0.4 is 5.32 Å². The summed E-state index contributed by atoms with van der Waals surface area (Å²) in [5.41, 5.74) is 0. The second kappa shape index (κ2) is 6.12. The maximum Gasteiger partial charge on any atom is 0.243 e. The van der Waals surface area contributed by atoms with Crippen LogP contribution in [0.5, 0.6) is 0 Å². The Labute approximate surface area is 102 Å². The van der Waals surface area contributed by atoms with Crippen molar-refractivity contribution < 1.29 is 9.26 Å². The van der Waals surface area contributed by atoms with Crippen LogP contribution in [-0.4, -0.2) is 23.3 Å². The van der Waals surface area contributed by atoms with Crippen LogP contribution in [0.3, 0.4) is 0 Å². The first-order valence-corrected chi connectivity index (χ1v) is 6.53. The molecular formula is C12H21N3O2. The second-order valence-corrected chi connectivity index (χ2v) is 4.37. The van der Waals surface area contributed by atoms with Crippen LogP contribution in [0.2, 0.25) is 0 Å². The molecule has 1 fully saturated rings. The van der Waals surface area contributed by atoms with Gasteiger partial charge in [0.05, 0.1) is 6.04 Å². The molecule has 2 atom stereocenters. The van der Waals surface area contributed by atoms with E-state index >= 15 is 0 Å². The molecule has 0 aromatic carbocycles. The van der Waals surface area contributed by atoms with Crippen molar-refractivity contribution in [3.8, 4) is 0 Å². The van der Waals surface area contributed by atoms with Gasteiger partial charge in [0.1, 0.15) is 6.10 Å². The molecule has 96 valence electrons. The van der Waals surface area contributed by atoms with Crippen LogP contribution in [0.15, 0.2) is 4.52 Å². The standard InChI is InChI=1S/C12H21N3O2/c1-3-6-10(16-4-2)11-14-12(17-15-11)9-7-5-8-13-9/h9-10,13H,3-8H2,1-2H3/t9-,10?/m0/s1. The zero-order valence-electron chi connectivity index (χ0n) is 10.6. The normalized spacial score (nSPS) is 21.9. The Morgan fingerprint density at radius 2 is 2.41 bits per heavy atom. The van der Waals surface area contributed by atoms with E-state index in [1.165, 1.54) is 6.42 Å². The lowest BCUT2D eigenvalue weighted by Crippen LogP contribution is -2.13. The van der Waals surface area contributed by atoms with Gasteiger partial charge in [-0.25, -0.2) is 0 Å². The molecule has 1 N–H and O–H groups in total. The molecule has 1 aliphatic heterocycles. The fraction of sp³-hybridized carbons (Fsp3) is 0.833. The quantitative estimate of drug-likeness (QED) is 0.825. The van der Waals surface area contributed by atoms with Crippen LogP contribution in [-0.2, 0) is 4.74 Å². The van der Waals surface area contributed by atoms with E-state index in [-0.39, 0.29) is 12.1 Å². The summed E-state index contributed by atoms with van der Waals surface area (Å²) in [6.07, 6.45) is 4.21. The van der Waals surface area contributed by atoms with Crippen molar-refractivity contribution in [3.63, 3.8) is 0 Å². The summed E-state index contributed by atoms with van der Waals surface area (Å²) < 4.78 is 11.0. The predicted molar refractivity (Wildman–Crippen MR) is 63.6 cm³/mol. The van der Waals surface area contributed by atoms with Gasteiger partial charge in [-0.1, -0.05) is 18.5 Å². The zero-order valence-corrected chi connectivity index (χ0v) is 10.6. The molecule has 2 heterocycles. The van der Waals surface area contributed by atoms with Gasteiger partial charge in [0.2, 0.25) is 11.7 Å². The van der Waals surface area contributed by atoms with Crippen LogP contribution in [0.1, 0.15) is 63.4 Å². The van der Waals surface area contributed by atoms with E-state index in [9.17, 15) is 0 Å². The lowest BCUT2D eigenvalue weighted by atomic mass is 10.2. The van der Waals surface area contributed by atoms with E-state index < -0.39 is 0 Å². The highest BCUT2D eigenvalue weighted by Crippen LogP contribution is 2.25. The highest BCUT2D eigenvalue weighted by Gasteiger charge is 2.24. The SMILES string of the molecule is CCCC(OCC)c1noc([C@@H]2CCCN2)n1. The van der Waals surface area contributed by atoms with Crippen molar-refractivity contribution in [1.82, 2.24) is 15.5 Å². The molecule has 0 saturated carbocycles. The fourth-order valence-electron chi connectivity index (χ4n) is 2.17. The number of hydrogen-bond acceptors (Lipinski definition) is 5. The van der Waals surface area contributed by atoms with E-state index in [2.05, 4.69) is 22.4 Å². The van der Waals surface area contributed by atoms with E-state index in [0.29, 0.717) is 18.3 Å². The van der Waals surface area contributed by atoms with Gasteiger partial charge in [0.25, 0.3) is 0 Å². The molecule has 17 heavy (non-hydrogen) atoms. The van der Waals surface area contributed by atoms with Crippen LogP contribution in [0.4, 0.5) is 0 Å². The zero-order chi connectivity index (χ0) is 12.1. The molecule has 5 heteroatoms. The number of hydrogen-bond donors (Lipinski definition) is 1. The Balaban J connectivity index is 2.03. The van der Waals surface area contributed by atoms with Gasteiger partial charge in [-0.3, -0.25) is 0 Å². The summed E-state index contributed by atoms with van der Waals surface area (Å²) in [6.45, 7) is 5.83. The number of nitrogens with one attached hydrogen (secondary N) is 1. The van der Waals surface area contributed by atoms with Gasteiger partial charge < -0.3 is 14.6 Å². The Morgan fingerprint density at radius 3 is 3.06 bits per heavy atom. The Morgan fingerprint density at radius 1 is 1.53 bits per heavy atom. The molecule has 1 aromatic rings. The molecule has 2 rings (SSSR count). The third-order valence-electron chi connectivity index (χ3n) is 3.02. The van der Waals surface area contributed by atoms with Crippen molar-refractivity contribution in [1.29, 1.82) is 0 Å². The lowest BCUT2D eigenvalue weighted by molar-refractivity contribution is 0.0477. The summed E-state index contributed by atoms with van der Waals surface area (Å²) in [5.74, 6) is 1.40. The Hall–Kier alpha value is -0.940. The molecule has 0 amide bonds. The number of rotatable bonds is 6. The summed E-state index contributed by atoms with van der Waals surface area (Å²) in [7, 11) is 0. The van der Waals surface area contributed by atoms with Gasteiger partial charge in [0.15, 0.2) is 0 Å². The predicted octanol–water partition coefficient (Wildman–Crippen LogP) is 2.37. The fourth-order valence-corrected chi connectivity index (χ4v) is 2.17. The van der Waals surface area contributed by atoms with E-state index in [1.807, 2.05) is 6.92 Å². The largest absolute Gasteiger partial charge is 0.370 e. The van der Waals surface area contributed by atoms with Gasteiger partial charge in [-0.05, 0) is 32.7 Å². The van der Waals surface area contributed by atoms with Gasteiger partial charge >= 0.3 is 0 Å². The summed E-state index contributed by atoms with van der Waals surface area (Å²) in [5, 5.41) is 7.40. The maximum absolute atomic E-state index is 5.64. The van der Waals surface area contributed by atoms with Crippen LogP contribution >= 0.6 is 0 Å². The van der Waals surface area contributed by atoms with Gasteiger partial charge in [0, 0.05) is 6.61 Å². The molecule has 0 bridgehead atoms. The topological polar surface area (TPSA) is 60.2 Å². The molecular weight excluding hydrogens is 218 g/mol. The van der Waals surface area contributed by atoms with Gasteiger partial charge in [-0.15, -0.1) is 0 Å². The third kappa shape index (κ3) is 3.04. The van der Waals surface area contributed by atoms with Gasteiger partial charge in [-0.2, -0.15) is 4.98 Å². The van der Waals surface area contributed by atoms with E-state index in [1.54, 1.807) is 0 Å². The van der Waals surface area contributed by atoms with Crippen LogP contribution in [0.25, 0.3) is 0 Å². The maximum atomic E-state index is 5.64. The third-order valence-corrected chi connectivity index (χ3v) is 3.02. The Bertz CT molecular complexity index is 328. The molecule has 5 nitrogen and oxygen atoms in total. The van der Waals surface area contributed by atoms with Crippen molar-refractivity contribution in [2.45, 2.75) is 51.7 Å².